The van der Waals surface area contributed by atoms with Crippen LogP contribution < -0.4 is 10.1 Å². The molecule has 2 rings (SSSR count). The third-order valence-corrected chi connectivity index (χ3v) is 3.12. The Balaban J connectivity index is 1.83. The number of para-hydroxylation sites is 1. The van der Waals surface area contributed by atoms with Gasteiger partial charge < -0.3 is 14.8 Å². The average Bonchev–Trinajstić information content (AvgIpc) is 2.60. The van der Waals surface area contributed by atoms with E-state index in [1.807, 2.05) is 51.1 Å². The first-order valence-electron chi connectivity index (χ1n) is 8.31. The van der Waals surface area contributed by atoms with Gasteiger partial charge in [0.05, 0.1) is 6.61 Å². The number of nitrogens with one attached hydrogen (secondary N) is 1. The molecule has 5 nitrogen and oxygen atoms in total. The molecule has 2 aromatic rings. The van der Waals surface area contributed by atoms with Gasteiger partial charge in [0.25, 0.3) is 0 Å². The average molecular weight is 353 g/mol. The highest BCUT2D eigenvalue weighted by atomic mass is 16.5. The number of amides is 1. The summed E-state index contributed by atoms with van der Waals surface area (Å²) in [5, 5.41) is 2.67. The Morgan fingerprint density at radius 3 is 2.15 bits per heavy atom. The minimum atomic E-state index is -0.540. The standard InChI is InChI=1S/C21H23NO4/c1-21(2,3)15-25-20(24)14-13-19(23)22-16-9-11-18(12-10-16)26-17-7-5-4-6-8-17/h4-14H,15H2,1-3H3,(H,22,23)/b14-13+. The molecular weight excluding hydrogens is 330 g/mol. The highest BCUT2D eigenvalue weighted by Crippen LogP contribution is 2.22. The zero-order chi connectivity index (χ0) is 19.0. The quantitative estimate of drug-likeness (QED) is 0.611. The van der Waals surface area contributed by atoms with Crippen LogP contribution in [0.5, 0.6) is 11.5 Å². The zero-order valence-electron chi connectivity index (χ0n) is 15.2. The molecule has 5 heteroatoms. The van der Waals surface area contributed by atoms with Gasteiger partial charge in [0.2, 0.25) is 5.91 Å². The zero-order valence-corrected chi connectivity index (χ0v) is 15.2. The summed E-state index contributed by atoms with van der Waals surface area (Å²) in [6, 6.07) is 16.4. The number of carbonyl (C=O) groups excluding carboxylic acids is 2. The minimum Gasteiger partial charge on any atom is -0.462 e. The number of rotatable bonds is 6. The number of anilines is 1. The maximum atomic E-state index is 11.9. The fourth-order valence-corrected chi connectivity index (χ4v) is 1.89. The van der Waals surface area contributed by atoms with Crippen LogP contribution in [-0.2, 0) is 14.3 Å². The molecule has 0 heterocycles. The van der Waals surface area contributed by atoms with Gasteiger partial charge in [-0.2, -0.15) is 0 Å². The summed E-state index contributed by atoms with van der Waals surface area (Å²) < 4.78 is 10.7. The van der Waals surface area contributed by atoms with Gasteiger partial charge >= 0.3 is 5.97 Å². The molecule has 0 bridgehead atoms. The number of carbonyl (C=O) groups is 2. The molecule has 0 saturated carbocycles. The predicted molar refractivity (Wildman–Crippen MR) is 101 cm³/mol. The van der Waals surface area contributed by atoms with Gasteiger partial charge in [0.15, 0.2) is 0 Å². The van der Waals surface area contributed by atoms with Crippen LogP contribution in [0.2, 0.25) is 0 Å². The highest BCUT2D eigenvalue weighted by molar-refractivity contribution is 6.02. The Morgan fingerprint density at radius 2 is 1.54 bits per heavy atom. The van der Waals surface area contributed by atoms with Gasteiger partial charge in [-0.05, 0) is 41.8 Å². The van der Waals surface area contributed by atoms with Crippen molar-refractivity contribution in [1.82, 2.24) is 0 Å². The Labute approximate surface area is 153 Å². The van der Waals surface area contributed by atoms with Crippen LogP contribution in [0.15, 0.2) is 66.7 Å². The lowest BCUT2D eigenvalue weighted by Gasteiger charge is -2.16. The van der Waals surface area contributed by atoms with E-state index in [0.717, 1.165) is 17.9 Å². The van der Waals surface area contributed by atoms with Crippen LogP contribution in [-0.4, -0.2) is 18.5 Å². The first kappa shape index (κ1) is 19.2. The molecule has 0 aliphatic heterocycles. The van der Waals surface area contributed by atoms with E-state index < -0.39 is 11.9 Å². The summed E-state index contributed by atoms with van der Waals surface area (Å²) in [6.45, 7) is 6.17. The minimum absolute atomic E-state index is 0.116. The summed E-state index contributed by atoms with van der Waals surface area (Å²) in [5.74, 6) is 0.451. The second kappa shape index (κ2) is 8.85. The Bertz CT molecular complexity index is 759. The Kier molecular flexibility index (Phi) is 6.55. The van der Waals surface area contributed by atoms with Crippen molar-refractivity contribution < 1.29 is 19.1 Å². The molecule has 0 unspecified atom stereocenters. The Hall–Kier alpha value is -3.08. The summed E-state index contributed by atoms with van der Waals surface area (Å²) in [4.78, 5) is 23.4. The van der Waals surface area contributed by atoms with Crippen LogP contribution >= 0.6 is 0 Å². The summed E-state index contributed by atoms with van der Waals surface area (Å²) in [5.41, 5.74) is 0.484. The normalized spacial score (nSPS) is 11.2. The van der Waals surface area contributed by atoms with Crippen LogP contribution in [0, 0.1) is 5.41 Å². The van der Waals surface area contributed by atoms with Crippen molar-refractivity contribution in [2.75, 3.05) is 11.9 Å². The number of hydrogen-bond donors (Lipinski definition) is 1. The highest BCUT2D eigenvalue weighted by Gasteiger charge is 2.12. The van der Waals surface area contributed by atoms with E-state index in [4.69, 9.17) is 9.47 Å². The molecule has 0 aliphatic carbocycles. The van der Waals surface area contributed by atoms with Gasteiger partial charge in [-0.3, -0.25) is 4.79 Å². The van der Waals surface area contributed by atoms with Crippen LogP contribution in [0.3, 0.4) is 0 Å². The van der Waals surface area contributed by atoms with Crippen molar-refractivity contribution in [2.24, 2.45) is 5.41 Å². The maximum absolute atomic E-state index is 11.9. The van der Waals surface area contributed by atoms with Gasteiger partial charge in [-0.15, -0.1) is 0 Å². The molecule has 0 spiro atoms. The fraction of sp³-hybridized carbons (Fsp3) is 0.238. The lowest BCUT2D eigenvalue weighted by Crippen LogP contribution is -2.17. The lowest BCUT2D eigenvalue weighted by molar-refractivity contribution is -0.140. The molecular formula is C21H23NO4. The number of ether oxygens (including phenoxy) is 2. The van der Waals surface area contributed by atoms with E-state index in [1.165, 1.54) is 0 Å². The summed E-state index contributed by atoms with van der Waals surface area (Å²) in [6.07, 6.45) is 2.27. The molecule has 136 valence electrons. The van der Waals surface area contributed by atoms with Gasteiger partial charge in [0, 0.05) is 17.8 Å². The van der Waals surface area contributed by atoms with Crippen molar-refractivity contribution >= 4 is 17.6 Å². The van der Waals surface area contributed by atoms with E-state index >= 15 is 0 Å². The van der Waals surface area contributed by atoms with Crippen molar-refractivity contribution in [3.8, 4) is 11.5 Å². The predicted octanol–water partition coefficient (Wildman–Crippen LogP) is 4.56. The molecule has 0 saturated heterocycles. The number of esters is 1. The molecule has 0 aliphatic rings. The molecule has 1 N–H and O–H groups in total. The first-order chi connectivity index (χ1) is 12.3. The smallest absolute Gasteiger partial charge is 0.330 e. The van der Waals surface area contributed by atoms with E-state index in [0.29, 0.717) is 18.0 Å². The van der Waals surface area contributed by atoms with Crippen LogP contribution in [0.1, 0.15) is 20.8 Å². The van der Waals surface area contributed by atoms with Crippen LogP contribution in [0.25, 0.3) is 0 Å². The largest absolute Gasteiger partial charge is 0.462 e. The summed E-state index contributed by atoms with van der Waals surface area (Å²) in [7, 11) is 0. The molecule has 1 amide bonds. The number of benzene rings is 2. The molecule has 0 aromatic heterocycles. The second-order valence-electron chi connectivity index (χ2n) is 6.93. The van der Waals surface area contributed by atoms with Gasteiger partial charge in [0.1, 0.15) is 11.5 Å². The van der Waals surface area contributed by atoms with Crippen molar-refractivity contribution in [3.05, 3.63) is 66.7 Å². The maximum Gasteiger partial charge on any atom is 0.330 e. The SMILES string of the molecule is CC(C)(C)COC(=O)/C=C/C(=O)Nc1ccc(Oc2ccccc2)cc1. The Morgan fingerprint density at radius 1 is 0.923 bits per heavy atom. The first-order valence-corrected chi connectivity index (χ1v) is 8.31. The molecule has 0 fully saturated rings. The third-order valence-electron chi connectivity index (χ3n) is 3.12. The summed E-state index contributed by atoms with van der Waals surface area (Å²) >= 11 is 0. The van der Waals surface area contributed by atoms with E-state index in [-0.39, 0.29) is 5.41 Å². The van der Waals surface area contributed by atoms with Gasteiger partial charge in [-0.1, -0.05) is 39.0 Å². The van der Waals surface area contributed by atoms with Crippen molar-refractivity contribution in [1.29, 1.82) is 0 Å². The lowest BCUT2D eigenvalue weighted by atomic mass is 9.99. The van der Waals surface area contributed by atoms with E-state index in [2.05, 4.69) is 5.32 Å². The third kappa shape index (κ3) is 7.21. The topological polar surface area (TPSA) is 64.6 Å². The molecule has 2 aromatic carbocycles. The van der Waals surface area contributed by atoms with E-state index in [9.17, 15) is 9.59 Å². The molecule has 26 heavy (non-hydrogen) atoms. The van der Waals surface area contributed by atoms with Crippen molar-refractivity contribution in [2.45, 2.75) is 20.8 Å². The molecule has 0 radical (unpaired) electrons. The van der Waals surface area contributed by atoms with E-state index in [1.54, 1.807) is 24.3 Å². The second-order valence-corrected chi connectivity index (χ2v) is 6.93. The van der Waals surface area contributed by atoms with Gasteiger partial charge in [-0.25, -0.2) is 4.79 Å². The van der Waals surface area contributed by atoms with Crippen molar-refractivity contribution in [3.63, 3.8) is 0 Å². The van der Waals surface area contributed by atoms with Crippen LogP contribution in [0.4, 0.5) is 5.69 Å². The number of hydrogen-bond acceptors (Lipinski definition) is 4. The fourth-order valence-electron chi connectivity index (χ4n) is 1.89. The monoisotopic (exact) mass is 353 g/mol. The molecule has 0 atom stereocenters.